The van der Waals surface area contributed by atoms with Crippen molar-refractivity contribution in [3.8, 4) is 0 Å². The monoisotopic (exact) mass is 288 g/mol. The maximum atomic E-state index is 12.6. The van der Waals surface area contributed by atoms with E-state index in [9.17, 15) is 4.79 Å². The Morgan fingerprint density at radius 1 is 1.33 bits per heavy atom. The van der Waals surface area contributed by atoms with Gasteiger partial charge in [0.25, 0.3) is 0 Å². The van der Waals surface area contributed by atoms with Crippen LogP contribution >= 0.6 is 0 Å². The van der Waals surface area contributed by atoms with E-state index in [1.165, 1.54) is 12.0 Å². The molecule has 1 saturated heterocycles. The number of carbonyl (C=O) groups is 1. The molecule has 3 atom stereocenters. The molecule has 1 heterocycles. The summed E-state index contributed by atoms with van der Waals surface area (Å²) in [6, 6.07) is 10.4. The number of benzene rings is 1. The van der Waals surface area contributed by atoms with Gasteiger partial charge in [0, 0.05) is 0 Å². The van der Waals surface area contributed by atoms with Crippen molar-refractivity contribution in [3.05, 3.63) is 35.9 Å². The molecule has 1 aromatic carbocycles. The molecule has 0 bridgehead atoms. The maximum absolute atomic E-state index is 12.6. The first kappa shape index (κ1) is 16.0. The van der Waals surface area contributed by atoms with E-state index in [0.29, 0.717) is 11.8 Å². The fraction of sp³-hybridized carbons (Fsp3) is 0.611. The highest BCUT2D eigenvalue weighted by atomic mass is 16.2. The SMILES string of the molecule is CC(C)CC(NC(=O)C1NCCCC1C)c1ccccc1. The van der Waals surface area contributed by atoms with E-state index in [1.807, 2.05) is 18.2 Å². The van der Waals surface area contributed by atoms with Gasteiger partial charge in [0.1, 0.15) is 0 Å². The molecular formula is C18H28N2O. The molecule has 1 aliphatic rings. The minimum Gasteiger partial charge on any atom is -0.348 e. The molecule has 116 valence electrons. The molecule has 2 N–H and O–H groups in total. The molecule has 1 aliphatic heterocycles. The van der Waals surface area contributed by atoms with E-state index in [4.69, 9.17) is 0 Å². The summed E-state index contributed by atoms with van der Waals surface area (Å²) in [5, 5.41) is 6.63. The van der Waals surface area contributed by atoms with Crippen molar-refractivity contribution in [2.24, 2.45) is 11.8 Å². The normalized spacial score (nSPS) is 23.8. The number of piperidine rings is 1. The van der Waals surface area contributed by atoms with Gasteiger partial charge in [0.15, 0.2) is 0 Å². The quantitative estimate of drug-likeness (QED) is 0.873. The van der Waals surface area contributed by atoms with Crippen LogP contribution in [0.1, 0.15) is 51.6 Å². The lowest BCUT2D eigenvalue weighted by Gasteiger charge is -2.31. The highest BCUT2D eigenvalue weighted by molar-refractivity contribution is 5.82. The number of nitrogens with one attached hydrogen (secondary N) is 2. The second-order valence-electron chi connectivity index (χ2n) is 6.65. The van der Waals surface area contributed by atoms with E-state index in [2.05, 4.69) is 43.5 Å². The highest BCUT2D eigenvalue weighted by Crippen LogP contribution is 2.23. The van der Waals surface area contributed by atoms with Crippen molar-refractivity contribution < 1.29 is 4.79 Å². The lowest BCUT2D eigenvalue weighted by atomic mass is 9.91. The summed E-state index contributed by atoms with van der Waals surface area (Å²) in [5.41, 5.74) is 1.20. The van der Waals surface area contributed by atoms with Crippen LogP contribution in [0.15, 0.2) is 30.3 Å². The fourth-order valence-electron chi connectivity index (χ4n) is 3.10. The topological polar surface area (TPSA) is 41.1 Å². The third kappa shape index (κ3) is 4.57. The van der Waals surface area contributed by atoms with Crippen LogP contribution in [-0.4, -0.2) is 18.5 Å². The number of hydrogen-bond donors (Lipinski definition) is 2. The van der Waals surface area contributed by atoms with Crippen molar-refractivity contribution in [3.63, 3.8) is 0 Å². The molecular weight excluding hydrogens is 260 g/mol. The second kappa shape index (κ2) is 7.60. The van der Waals surface area contributed by atoms with Gasteiger partial charge < -0.3 is 10.6 Å². The summed E-state index contributed by atoms with van der Waals surface area (Å²) in [6.45, 7) is 7.51. The minimum atomic E-state index is -0.0443. The number of rotatable bonds is 5. The molecule has 0 spiro atoms. The minimum absolute atomic E-state index is 0.0443. The van der Waals surface area contributed by atoms with Gasteiger partial charge in [0.2, 0.25) is 5.91 Å². The smallest absolute Gasteiger partial charge is 0.237 e. The Bertz CT molecular complexity index is 444. The fourth-order valence-corrected chi connectivity index (χ4v) is 3.10. The summed E-state index contributed by atoms with van der Waals surface area (Å²) in [5.74, 6) is 1.11. The molecule has 1 amide bonds. The van der Waals surface area contributed by atoms with Crippen LogP contribution in [0.5, 0.6) is 0 Å². The summed E-state index contributed by atoms with van der Waals surface area (Å²) < 4.78 is 0. The van der Waals surface area contributed by atoms with Crippen LogP contribution < -0.4 is 10.6 Å². The van der Waals surface area contributed by atoms with Crippen LogP contribution in [-0.2, 0) is 4.79 Å². The van der Waals surface area contributed by atoms with Gasteiger partial charge in [0.05, 0.1) is 12.1 Å². The van der Waals surface area contributed by atoms with Gasteiger partial charge >= 0.3 is 0 Å². The largest absolute Gasteiger partial charge is 0.348 e. The molecule has 3 nitrogen and oxygen atoms in total. The molecule has 0 radical (unpaired) electrons. The zero-order valence-electron chi connectivity index (χ0n) is 13.4. The first-order chi connectivity index (χ1) is 10.1. The van der Waals surface area contributed by atoms with Crippen molar-refractivity contribution in [2.45, 2.75) is 52.1 Å². The molecule has 1 fully saturated rings. The van der Waals surface area contributed by atoms with Crippen LogP contribution in [0.3, 0.4) is 0 Å². The Morgan fingerprint density at radius 2 is 2.05 bits per heavy atom. The third-order valence-corrected chi connectivity index (χ3v) is 4.28. The van der Waals surface area contributed by atoms with Crippen LogP contribution in [0.4, 0.5) is 0 Å². The van der Waals surface area contributed by atoms with Crippen LogP contribution in [0.25, 0.3) is 0 Å². The van der Waals surface area contributed by atoms with Gasteiger partial charge in [-0.15, -0.1) is 0 Å². The third-order valence-electron chi connectivity index (χ3n) is 4.28. The predicted molar refractivity (Wildman–Crippen MR) is 87.0 cm³/mol. The first-order valence-corrected chi connectivity index (χ1v) is 8.16. The van der Waals surface area contributed by atoms with Gasteiger partial charge in [-0.2, -0.15) is 0 Å². The maximum Gasteiger partial charge on any atom is 0.237 e. The Hall–Kier alpha value is -1.35. The summed E-state index contributed by atoms with van der Waals surface area (Å²) in [4.78, 5) is 12.6. The Balaban J connectivity index is 2.06. The molecule has 3 heteroatoms. The standard InChI is InChI=1S/C18H28N2O/c1-13(2)12-16(15-9-5-4-6-10-15)20-18(21)17-14(3)8-7-11-19-17/h4-6,9-10,13-14,16-17,19H,7-8,11-12H2,1-3H3,(H,20,21). The van der Waals surface area contributed by atoms with E-state index in [-0.39, 0.29) is 18.0 Å². The predicted octanol–water partition coefficient (Wildman–Crippen LogP) is 3.28. The lowest BCUT2D eigenvalue weighted by Crippen LogP contribution is -2.51. The van der Waals surface area contributed by atoms with Gasteiger partial charge in [-0.25, -0.2) is 0 Å². The Morgan fingerprint density at radius 3 is 2.67 bits per heavy atom. The van der Waals surface area contributed by atoms with E-state index >= 15 is 0 Å². The van der Waals surface area contributed by atoms with Gasteiger partial charge in [-0.1, -0.05) is 51.1 Å². The van der Waals surface area contributed by atoms with Gasteiger partial charge in [-0.3, -0.25) is 4.79 Å². The summed E-state index contributed by atoms with van der Waals surface area (Å²) in [7, 11) is 0. The molecule has 0 aliphatic carbocycles. The second-order valence-corrected chi connectivity index (χ2v) is 6.65. The lowest BCUT2D eigenvalue weighted by molar-refractivity contribution is -0.125. The molecule has 1 aromatic rings. The van der Waals surface area contributed by atoms with E-state index in [0.717, 1.165) is 19.4 Å². The average molecular weight is 288 g/mol. The first-order valence-electron chi connectivity index (χ1n) is 8.16. The number of hydrogen-bond acceptors (Lipinski definition) is 2. The zero-order chi connectivity index (χ0) is 15.2. The van der Waals surface area contributed by atoms with Crippen LogP contribution in [0.2, 0.25) is 0 Å². The molecule has 21 heavy (non-hydrogen) atoms. The molecule has 0 saturated carbocycles. The molecule has 3 unspecified atom stereocenters. The molecule has 2 rings (SSSR count). The number of amides is 1. The number of carbonyl (C=O) groups excluding carboxylic acids is 1. The average Bonchev–Trinajstić information content (AvgIpc) is 2.47. The summed E-state index contributed by atoms with van der Waals surface area (Å²) in [6.07, 6.45) is 3.27. The van der Waals surface area contributed by atoms with Crippen molar-refractivity contribution in [2.75, 3.05) is 6.54 Å². The van der Waals surface area contributed by atoms with Crippen molar-refractivity contribution in [1.82, 2.24) is 10.6 Å². The summed E-state index contributed by atoms with van der Waals surface area (Å²) >= 11 is 0. The van der Waals surface area contributed by atoms with E-state index < -0.39 is 0 Å². The Kier molecular flexibility index (Phi) is 5.80. The Labute approximate surface area is 128 Å². The molecule has 0 aromatic heterocycles. The van der Waals surface area contributed by atoms with Crippen molar-refractivity contribution >= 4 is 5.91 Å². The van der Waals surface area contributed by atoms with Gasteiger partial charge in [-0.05, 0) is 43.2 Å². The van der Waals surface area contributed by atoms with E-state index in [1.54, 1.807) is 0 Å². The van der Waals surface area contributed by atoms with Crippen molar-refractivity contribution in [1.29, 1.82) is 0 Å². The highest BCUT2D eigenvalue weighted by Gasteiger charge is 2.29. The van der Waals surface area contributed by atoms with Crippen LogP contribution in [0, 0.1) is 11.8 Å². The zero-order valence-corrected chi connectivity index (χ0v) is 13.4.